The molecule has 344 valence electrons. The van der Waals surface area contributed by atoms with E-state index in [0.29, 0.717) is 17.1 Å². The summed E-state index contributed by atoms with van der Waals surface area (Å²) >= 11 is 0. The molecule has 0 saturated heterocycles. The van der Waals surface area contributed by atoms with Crippen molar-refractivity contribution in [3.05, 3.63) is 111 Å². The molecule has 0 heterocycles. The number of benzene rings is 3. The summed E-state index contributed by atoms with van der Waals surface area (Å²) in [5.41, 5.74) is 13.0. The van der Waals surface area contributed by atoms with Crippen LogP contribution in [-0.2, 0) is 0 Å². The van der Waals surface area contributed by atoms with Gasteiger partial charge in [0.15, 0.2) is 5.84 Å². The Morgan fingerprint density at radius 3 is 1.44 bits per heavy atom. The average Bonchev–Trinajstić information content (AvgIpc) is 3.25. The van der Waals surface area contributed by atoms with Crippen LogP contribution < -0.4 is 0 Å². The molecule has 0 aliphatic carbocycles. The summed E-state index contributed by atoms with van der Waals surface area (Å²) in [6.45, 7) is 44.9. The van der Waals surface area contributed by atoms with Gasteiger partial charge in [-0.25, -0.2) is 9.98 Å². The predicted octanol–water partition coefficient (Wildman–Crippen LogP) is 19.0. The van der Waals surface area contributed by atoms with Gasteiger partial charge < -0.3 is 5.11 Å². The maximum Gasteiger partial charge on any atom is 0.160 e. The maximum atomic E-state index is 10.8. The van der Waals surface area contributed by atoms with E-state index in [4.69, 9.17) is 9.98 Å². The smallest absolute Gasteiger partial charge is 0.160 e. The van der Waals surface area contributed by atoms with E-state index >= 15 is 0 Å². The predicted molar refractivity (Wildman–Crippen MR) is 280 cm³/mol. The van der Waals surface area contributed by atoms with Crippen molar-refractivity contribution >= 4 is 22.8 Å². The standard InChI is InChI=1S/C33H38N2O.2C9H20.C5H12.C2H6/c1-11-28(31-18-19(2)12-13-22(31)5)26(9)34-33(29-16-14-20(3)23(6)25(29)8)35-27(10)30-17-15-21(4)24(7)32(30)36;2*1-4-7-8-9(5-2)6-3;1-3-5-4-2;1-2/h11-18,36H,10H2,1-9H3;2*9H,4-8H2,1-3H3;3-5H2,1-2H3;1-2H3/b28-11-,34-26?,35-33?;;;;. The van der Waals surface area contributed by atoms with Gasteiger partial charge in [-0.3, -0.25) is 0 Å². The van der Waals surface area contributed by atoms with Crippen LogP contribution in [0.4, 0.5) is 0 Å². The Morgan fingerprint density at radius 2 is 1.02 bits per heavy atom. The summed E-state index contributed by atoms with van der Waals surface area (Å²) in [4.78, 5) is 10.0. The largest absolute Gasteiger partial charge is 0.507 e. The highest BCUT2D eigenvalue weighted by Gasteiger charge is 2.16. The minimum atomic E-state index is 0.213. The number of amidine groups is 1. The van der Waals surface area contributed by atoms with E-state index in [9.17, 15) is 5.11 Å². The molecule has 0 fully saturated rings. The lowest BCUT2D eigenvalue weighted by Crippen LogP contribution is -2.08. The lowest BCUT2D eigenvalue weighted by Gasteiger charge is -2.15. The lowest BCUT2D eigenvalue weighted by atomic mass is 9.95. The van der Waals surface area contributed by atoms with Gasteiger partial charge in [0, 0.05) is 16.8 Å². The number of nitrogens with zero attached hydrogens (tertiary/aromatic N) is 2. The molecule has 61 heavy (non-hydrogen) atoms. The first-order valence-corrected chi connectivity index (χ1v) is 24.5. The van der Waals surface area contributed by atoms with Crippen molar-refractivity contribution in [2.24, 2.45) is 21.8 Å². The Kier molecular flexibility index (Phi) is 33.9. The first kappa shape index (κ1) is 59.4. The highest BCUT2D eigenvalue weighted by atomic mass is 16.3. The molecule has 0 spiro atoms. The van der Waals surface area contributed by atoms with Crippen LogP contribution in [0.15, 0.2) is 65.1 Å². The molecule has 0 bridgehead atoms. The molecule has 3 heteroatoms. The topological polar surface area (TPSA) is 45.0 Å². The summed E-state index contributed by atoms with van der Waals surface area (Å²) in [6, 6.07) is 14.5. The molecule has 0 amide bonds. The van der Waals surface area contributed by atoms with E-state index in [1.54, 1.807) is 0 Å². The number of aromatic hydroxyl groups is 1. The number of phenols is 1. The molecule has 0 atom stereocenters. The number of hydrogen-bond acceptors (Lipinski definition) is 2. The molecule has 0 aliphatic heterocycles. The normalized spacial score (nSPS) is 11.5. The third-order valence-electron chi connectivity index (χ3n) is 12.1. The minimum absolute atomic E-state index is 0.213. The monoisotopic (exact) mass is 837 g/mol. The fourth-order valence-electron chi connectivity index (χ4n) is 7.10. The summed E-state index contributed by atoms with van der Waals surface area (Å²) in [7, 11) is 0. The number of aryl methyl sites for hydroxylation is 4. The van der Waals surface area contributed by atoms with Gasteiger partial charge in [0.05, 0.1) is 5.70 Å². The fourth-order valence-corrected chi connectivity index (χ4v) is 7.10. The van der Waals surface area contributed by atoms with Crippen molar-refractivity contribution in [3.63, 3.8) is 0 Å². The Bertz CT molecular complexity index is 1730. The molecule has 0 unspecified atom stereocenters. The van der Waals surface area contributed by atoms with Crippen LogP contribution in [0.5, 0.6) is 5.75 Å². The third kappa shape index (κ3) is 21.8. The molecule has 3 aromatic carbocycles. The molecular weight excluding hydrogens is 741 g/mol. The van der Waals surface area contributed by atoms with Crippen molar-refractivity contribution in [3.8, 4) is 5.75 Å². The van der Waals surface area contributed by atoms with Crippen molar-refractivity contribution < 1.29 is 5.11 Å². The molecule has 0 aliphatic rings. The Balaban J connectivity index is 0. The molecule has 0 saturated carbocycles. The molecule has 3 aromatic rings. The average molecular weight is 837 g/mol. The second-order valence-corrected chi connectivity index (χ2v) is 16.7. The van der Waals surface area contributed by atoms with Gasteiger partial charge in [0.1, 0.15) is 5.75 Å². The lowest BCUT2D eigenvalue weighted by molar-refractivity contribution is 0.438. The number of unbranched alkanes of at least 4 members (excludes halogenated alkanes) is 4. The van der Waals surface area contributed by atoms with Gasteiger partial charge in [0.25, 0.3) is 0 Å². The van der Waals surface area contributed by atoms with Crippen LogP contribution in [0.1, 0.15) is 222 Å². The quantitative estimate of drug-likeness (QED) is 0.107. The summed E-state index contributed by atoms with van der Waals surface area (Å²) in [6.07, 6.45) is 20.1. The summed E-state index contributed by atoms with van der Waals surface area (Å²) < 4.78 is 0. The number of phenolic OH excluding ortho intramolecular Hbond substituents is 1. The van der Waals surface area contributed by atoms with E-state index in [1.807, 2.05) is 53.7 Å². The van der Waals surface area contributed by atoms with Crippen LogP contribution in [0.25, 0.3) is 11.3 Å². The zero-order valence-electron chi connectivity index (χ0n) is 43.5. The first-order chi connectivity index (χ1) is 29.1. The van der Waals surface area contributed by atoms with Gasteiger partial charge >= 0.3 is 0 Å². The van der Waals surface area contributed by atoms with E-state index in [1.165, 1.54) is 111 Å². The summed E-state index contributed by atoms with van der Waals surface area (Å²) in [5.74, 6) is 2.81. The first-order valence-electron chi connectivity index (χ1n) is 24.5. The Hall–Kier alpha value is -3.72. The van der Waals surface area contributed by atoms with Gasteiger partial charge in [-0.05, 0) is 125 Å². The van der Waals surface area contributed by atoms with Crippen LogP contribution >= 0.6 is 0 Å². The second kappa shape index (κ2) is 34.8. The van der Waals surface area contributed by atoms with E-state index < -0.39 is 0 Å². The van der Waals surface area contributed by atoms with Gasteiger partial charge in [-0.15, -0.1) is 0 Å². The van der Waals surface area contributed by atoms with Crippen molar-refractivity contribution in [2.75, 3.05) is 0 Å². The van der Waals surface area contributed by atoms with Crippen LogP contribution in [-0.4, -0.2) is 16.7 Å². The highest BCUT2D eigenvalue weighted by Crippen LogP contribution is 2.32. The van der Waals surface area contributed by atoms with E-state index in [-0.39, 0.29) is 5.75 Å². The molecule has 3 rings (SSSR count). The fraction of sp³-hybridized carbons (Fsp3) is 0.586. The number of rotatable bonds is 17. The molecule has 0 aromatic heterocycles. The van der Waals surface area contributed by atoms with Crippen LogP contribution in [0.3, 0.4) is 0 Å². The Morgan fingerprint density at radius 1 is 0.574 bits per heavy atom. The summed E-state index contributed by atoms with van der Waals surface area (Å²) in [5, 5.41) is 10.8. The second-order valence-electron chi connectivity index (χ2n) is 16.7. The number of hydrogen-bond donors (Lipinski definition) is 1. The van der Waals surface area contributed by atoms with Gasteiger partial charge in [-0.1, -0.05) is 207 Å². The SMILES string of the molecule is C=C(N=C(N=C(C)/C(=C/C)c1cc(C)ccc1C)c1ccc(C)c(C)c1C)c1ccc(C)c(C)c1O.CC.CCCCC.CCCCC(CC)CC.CCCCC(CC)CC. The Labute approximate surface area is 379 Å². The maximum absolute atomic E-state index is 10.8. The zero-order valence-corrected chi connectivity index (χ0v) is 43.5. The van der Waals surface area contributed by atoms with Gasteiger partial charge in [-0.2, -0.15) is 0 Å². The molecule has 1 N–H and O–H groups in total. The van der Waals surface area contributed by atoms with Crippen LogP contribution in [0.2, 0.25) is 0 Å². The van der Waals surface area contributed by atoms with E-state index in [2.05, 4.69) is 133 Å². The molecule has 0 radical (unpaired) electrons. The van der Waals surface area contributed by atoms with E-state index in [0.717, 1.165) is 45.4 Å². The van der Waals surface area contributed by atoms with Crippen molar-refractivity contribution in [1.29, 1.82) is 0 Å². The zero-order chi connectivity index (χ0) is 47.1. The molecule has 3 nitrogen and oxygen atoms in total. The van der Waals surface area contributed by atoms with Crippen molar-refractivity contribution in [1.82, 2.24) is 0 Å². The van der Waals surface area contributed by atoms with Crippen molar-refractivity contribution in [2.45, 2.75) is 215 Å². The van der Waals surface area contributed by atoms with Gasteiger partial charge in [0.2, 0.25) is 0 Å². The van der Waals surface area contributed by atoms with Crippen LogP contribution in [0, 0.1) is 60.3 Å². The highest BCUT2D eigenvalue weighted by molar-refractivity contribution is 6.27. The number of allylic oxidation sites excluding steroid dienone is 2. The minimum Gasteiger partial charge on any atom is -0.507 e. The third-order valence-corrected chi connectivity index (χ3v) is 12.1. The molecular formula is C58H96N2O. The number of aliphatic imine (C=N–C) groups is 2.